The fourth-order valence-electron chi connectivity index (χ4n) is 2.05. The van der Waals surface area contributed by atoms with Crippen LogP contribution in [0.1, 0.15) is 12.8 Å². The average molecular weight is 141 g/mol. The van der Waals surface area contributed by atoms with Gasteiger partial charge >= 0.3 is 5.97 Å². The second-order valence-electron chi connectivity index (χ2n) is 3.33. The topological polar surface area (TPSA) is 49.3 Å². The van der Waals surface area contributed by atoms with Crippen LogP contribution in [0.4, 0.5) is 0 Å². The summed E-state index contributed by atoms with van der Waals surface area (Å²) in [5, 5.41) is 12.0. The molecular weight excluding hydrogens is 130 g/mol. The molecule has 0 aromatic carbocycles. The van der Waals surface area contributed by atoms with Crippen LogP contribution in [0, 0.1) is 11.3 Å². The van der Waals surface area contributed by atoms with E-state index in [1.165, 1.54) is 0 Å². The third kappa shape index (κ3) is 0.515. The van der Waals surface area contributed by atoms with Crippen LogP contribution in [-0.2, 0) is 4.79 Å². The molecule has 1 saturated heterocycles. The zero-order valence-corrected chi connectivity index (χ0v) is 5.76. The monoisotopic (exact) mass is 141 g/mol. The molecule has 0 aromatic rings. The van der Waals surface area contributed by atoms with Crippen LogP contribution in [0.15, 0.2) is 0 Å². The first-order valence-corrected chi connectivity index (χ1v) is 3.70. The van der Waals surface area contributed by atoms with Gasteiger partial charge in [-0.3, -0.25) is 4.79 Å². The number of aliphatic carboxylic acids is 1. The number of rotatable bonds is 1. The standard InChI is InChI=1S/C7H11NO2/c9-6(10)7-2-1-5(7)3-8-4-7/h5,8H,1-4H2,(H,9,10)/t5-,7-/m0/s1. The summed E-state index contributed by atoms with van der Waals surface area (Å²) in [5.74, 6) is -0.182. The minimum Gasteiger partial charge on any atom is -0.481 e. The number of hydrogen-bond donors (Lipinski definition) is 2. The molecule has 0 spiro atoms. The van der Waals surface area contributed by atoms with Crippen LogP contribution in [0.5, 0.6) is 0 Å². The Morgan fingerprint density at radius 1 is 1.70 bits per heavy atom. The van der Waals surface area contributed by atoms with E-state index in [1.807, 2.05) is 0 Å². The van der Waals surface area contributed by atoms with Crippen molar-refractivity contribution in [2.45, 2.75) is 12.8 Å². The summed E-state index contributed by atoms with van der Waals surface area (Å²) in [4.78, 5) is 10.7. The van der Waals surface area contributed by atoms with Crippen LogP contribution in [0.3, 0.4) is 0 Å². The summed E-state index contributed by atoms with van der Waals surface area (Å²) in [7, 11) is 0. The van der Waals surface area contributed by atoms with Gasteiger partial charge in [-0.15, -0.1) is 0 Å². The van der Waals surface area contributed by atoms with Gasteiger partial charge in [0, 0.05) is 6.54 Å². The number of carboxylic acid groups (broad SMARTS) is 1. The lowest BCUT2D eigenvalue weighted by atomic mass is 9.62. The quantitative estimate of drug-likeness (QED) is 0.543. The van der Waals surface area contributed by atoms with Gasteiger partial charge in [0.1, 0.15) is 0 Å². The third-order valence-electron chi connectivity index (χ3n) is 2.98. The van der Waals surface area contributed by atoms with E-state index in [1.54, 1.807) is 0 Å². The van der Waals surface area contributed by atoms with Gasteiger partial charge in [0.25, 0.3) is 0 Å². The highest BCUT2D eigenvalue weighted by Crippen LogP contribution is 2.48. The molecule has 0 amide bonds. The lowest BCUT2D eigenvalue weighted by Gasteiger charge is -2.39. The molecule has 1 aliphatic carbocycles. The molecule has 0 unspecified atom stereocenters. The van der Waals surface area contributed by atoms with E-state index in [0.717, 1.165) is 19.4 Å². The highest BCUT2D eigenvalue weighted by atomic mass is 16.4. The van der Waals surface area contributed by atoms with Crippen molar-refractivity contribution in [1.29, 1.82) is 0 Å². The van der Waals surface area contributed by atoms with E-state index < -0.39 is 5.97 Å². The zero-order valence-electron chi connectivity index (χ0n) is 5.76. The Morgan fingerprint density at radius 2 is 2.50 bits per heavy atom. The van der Waals surface area contributed by atoms with Crippen molar-refractivity contribution in [2.24, 2.45) is 11.3 Å². The molecule has 0 aromatic heterocycles. The van der Waals surface area contributed by atoms with E-state index >= 15 is 0 Å². The molecule has 2 aliphatic rings. The summed E-state index contributed by atoms with van der Waals surface area (Å²) < 4.78 is 0. The number of nitrogens with one attached hydrogen (secondary N) is 1. The molecule has 1 saturated carbocycles. The van der Waals surface area contributed by atoms with Crippen LogP contribution in [0.2, 0.25) is 0 Å². The molecule has 0 bridgehead atoms. The molecule has 2 fully saturated rings. The normalized spacial score (nSPS) is 44.2. The molecule has 1 aliphatic heterocycles. The summed E-state index contributed by atoms with van der Waals surface area (Å²) in [5.41, 5.74) is -0.361. The van der Waals surface area contributed by atoms with E-state index in [4.69, 9.17) is 5.11 Å². The largest absolute Gasteiger partial charge is 0.481 e. The van der Waals surface area contributed by atoms with Crippen molar-refractivity contribution < 1.29 is 9.90 Å². The van der Waals surface area contributed by atoms with E-state index in [0.29, 0.717) is 12.5 Å². The number of hydrogen-bond acceptors (Lipinski definition) is 2. The van der Waals surface area contributed by atoms with Gasteiger partial charge in [-0.2, -0.15) is 0 Å². The predicted molar refractivity (Wildman–Crippen MR) is 35.7 cm³/mol. The van der Waals surface area contributed by atoms with Crippen LogP contribution in [0.25, 0.3) is 0 Å². The number of carbonyl (C=O) groups is 1. The molecule has 3 heteroatoms. The molecular formula is C7H11NO2. The number of fused-ring (bicyclic) bond motifs is 1. The van der Waals surface area contributed by atoms with Gasteiger partial charge < -0.3 is 10.4 Å². The van der Waals surface area contributed by atoms with Gasteiger partial charge in [0.2, 0.25) is 0 Å². The van der Waals surface area contributed by atoms with Gasteiger partial charge in [0.05, 0.1) is 5.41 Å². The van der Waals surface area contributed by atoms with Crippen LogP contribution < -0.4 is 5.32 Å². The molecule has 2 rings (SSSR count). The summed E-state index contributed by atoms with van der Waals surface area (Å²) in [6.07, 6.45) is 1.97. The Kier molecular flexibility index (Phi) is 1.06. The van der Waals surface area contributed by atoms with E-state index in [-0.39, 0.29) is 5.41 Å². The van der Waals surface area contributed by atoms with E-state index in [9.17, 15) is 4.79 Å². The fourth-order valence-corrected chi connectivity index (χ4v) is 2.05. The minimum atomic E-state index is -0.603. The van der Waals surface area contributed by atoms with Crippen molar-refractivity contribution in [2.75, 3.05) is 13.1 Å². The average Bonchev–Trinajstić information content (AvgIpc) is 2.09. The van der Waals surface area contributed by atoms with Gasteiger partial charge in [-0.1, -0.05) is 0 Å². The van der Waals surface area contributed by atoms with Crippen molar-refractivity contribution in [1.82, 2.24) is 5.32 Å². The van der Waals surface area contributed by atoms with E-state index in [2.05, 4.69) is 5.32 Å². The maximum atomic E-state index is 10.7. The minimum absolute atomic E-state index is 0.361. The zero-order chi connectivity index (χ0) is 7.19. The number of carboxylic acids is 1. The highest BCUT2D eigenvalue weighted by Gasteiger charge is 2.55. The second kappa shape index (κ2) is 1.72. The van der Waals surface area contributed by atoms with Crippen molar-refractivity contribution >= 4 is 5.97 Å². The Labute approximate surface area is 59.4 Å². The Bertz CT molecular complexity index is 180. The van der Waals surface area contributed by atoms with Crippen molar-refractivity contribution in [3.63, 3.8) is 0 Å². The second-order valence-corrected chi connectivity index (χ2v) is 3.33. The van der Waals surface area contributed by atoms with Gasteiger partial charge in [0.15, 0.2) is 0 Å². The molecule has 3 nitrogen and oxygen atoms in total. The Hall–Kier alpha value is -0.570. The maximum absolute atomic E-state index is 10.7. The molecule has 10 heavy (non-hydrogen) atoms. The maximum Gasteiger partial charge on any atom is 0.311 e. The molecule has 2 N–H and O–H groups in total. The summed E-state index contributed by atoms with van der Waals surface area (Å²) >= 11 is 0. The molecule has 1 heterocycles. The third-order valence-corrected chi connectivity index (χ3v) is 2.98. The predicted octanol–water partition coefficient (Wildman–Crippen LogP) is 0.0706. The first-order valence-electron chi connectivity index (χ1n) is 3.70. The first-order chi connectivity index (χ1) is 4.76. The van der Waals surface area contributed by atoms with Crippen LogP contribution in [-0.4, -0.2) is 24.2 Å². The smallest absolute Gasteiger partial charge is 0.311 e. The highest BCUT2D eigenvalue weighted by molar-refractivity contribution is 5.77. The summed E-state index contributed by atoms with van der Waals surface area (Å²) in [6, 6.07) is 0. The first kappa shape index (κ1) is 6.16. The van der Waals surface area contributed by atoms with Crippen molar-refractivity contribution in [3.8, 4) is 0 Å². The lowest BCUT2D eigenvalue weighted by Crippen LogP contribution is -2.46. The SMILES string of the molecule is O=C(O)[C@]12CC[C@H]1CNC2. The fraction of sp³-hybridized carbons (Fsp3) is 0.857. The molecule has 0 radical (unpaired) electrons. The van der Waals surface area contributed by atoms with Crippen molar-refractivity contribution in [3.05, 3.63) is 0 Å². The van der Waals surface area contributed by atoms with Gasteiger partial charge in [-0.05, 0) is 25.3 Å². The van der Waals surface area contributed by atoms with Crippen LogP contribution >= 0.6 is 0 Å². The van der Waals surface area contributed by atoms with Gasteiger partial charge in [-0.25, -0.2) is 0 Å². The summed E-state index contributed by atoms with van der Waals surface area (Å²) in [6.45, 7) is 1.60. The molecule has 56 valence electrons. The molecule has 2 atom stereocenters. The lowest BCUT2D eigenvalue weighted by molar-refractivity contribution is -0.156. The Morgan fingerprint density at radius 3 is 2.80 bits per heavy atom. The Balaban J connectivity index is 2.21.